The lowest BCUT2D eigenvalue weighted by Crippen LogP contribution is -2.42. The van der Waals surface area contributed by atoms with Gasteiger partial charge < -0.3 is 25.0 Å². The lowest BCUT2D eigenvalue weighted by atomic mass is 9.82. The molecule has 1 saturated carbocycles. The molecule has 1 aromatic rings. The van der Waals surface area contributed by atoms with Crippen molar-refractivity contribution in [1.29, 1.82) is 0 Å². The van der Waals surface area contributed by atoms with Crippen LogP contribution in [0.4, 0.5) is 0 Å². The number of aliphatic hydroxyl groups excluding tert-OH is 2. The fourth-order valence-corrected chi connectivity index (χ4v) is 3.99. The highest BCUT2D eigenvalue weighted by Gasteiger charge is 2.31. The minimum atomic E-state index is -0.860. The van der Waals surface area contributed by atoms with Crippen LogP contribution >= 0.6 is 0 Å². The summed E-state index contributed by atoms with van der Waals surface area (Å²) in [6.45, 7) is 0.246. The molecular weight excluding hydrogens is 334 g/mol. The highest BCUT2D eigenvalue weighted by atomic mass is 16.5. The number of piperidine rings is 1. The molecule has 6 heteroatoms. The number of ether oxygens (including phenoxy) is 2. The molecule has 2 fully saturated rings. The van der Waals surface area contributed by atoms with Gasteiger partial charge in [-0.3, -0.25) is 4.79 Å². The van der Waals surface area contributed by atoms with Gasteiger partial charge in [-0.15, -0.1) is 0 Å². The van der Waals surface area contributed by atoms with Crippen molar-refractivity contribution in [3.63, 3.8) is 0 Å². The van der Waals surface area contributed by atoms with E-state index in [1.54, 1.807) is 7.11 Å². The molecule has 1 heterocycles. The van der Waals surface area contributed by atoms with E-state index in [4.69, 9.17) is 14.6 Å². The first-order valence-corrected chi connectivity index (χ1v) is 9.52. The number of rotatable bonds is 7. The van der Waals surface area contributed by atoms with Gasteiger partial charge in [-0.1, -0.05) is 6.07 Å². The van der Waals surface area contributed by atoms with Crippen LogP contribution in [-0.4, -0.2) is 48.6 Å². The van der Waals surface area contributed by atoms with E-state index in [9.17, 15) is 9.90 Å². The molecule has 1 aromatic carbocycles. The summed E-state index contributed by atoms with van der Waals surface area (Å²) in [6, 6.07) is 5.97. The SMILES string of the molecule is COc1ccc([C@H]2CNC(=O)C(CC(O)CO)C2)cc1OC1CCCC1. The summed E-state index contributed by atoms with van der Waals surface area (Å²) in [5.41, 5.74) is 1.10. The Labute approximate surface area is 154 Å². The molecule has 0 aromatic heterocycles. The van der Waals surface area contributed by atoms with E-state index in [-0.39, 0.29) is 36.9 Å². The summed E-state index contributed by atoms with van der Waals surface area (Å²) in [5.74, 6) is 1.30. The summed E-state index contributed by atoms with van der Waals surface area (Å²) in [5, 5.41) is 21.7. The zero-order valence-corrected chi connectivity index (χ0v) is 15.3. The third-order valence-corrected chi connectivity index (χ3v) is 5.48. The molecule has 6 nitrogen and oxygen atoms in total. The summed E-state index contributed by atoms with van der Waals surface area (Å²) in [6.07, 6.45) is 4.88. The molecule has 3 N–H and O–H groups in total. The summed E-state index contributed by atoms with van der Waals surface area (Å²) < 4.78 is 11.6. The highest BCUT2D eigenvalue weighted by molar-refractivity contribution is 5.79. The van der Waals surface area contributed by atoms with E-state index in [2.05, 4.69) is 5.32 Å². The molecule has 0 radical (unpaired) electrons. The maximum absolute atomic E-state index is 12.1. The number of hydrogen-bond donors (Lipinski definition) is 3. The smallest absolute Gasteiger partial charge is 0.223 e. The van der Waals surface area contributed by atoms with Crippen molar-refractivity contribution < 1.29 is 24.5 Å². The first-order valence-electron chi connectivity index (χ1n) is 9.52. The molecule has 1 aliphatic carbocycles. The van der Waals surface area contributed by atoms with Gasteiger partial charge in [0.25, 0.3) is 0 Å². The topological polar surface area (TPSA) is 88.0 Å². The Morgan fingerprint density at radius 1 is 1.27 bits per heavy atom. The lowest BCUT2D eigenvalue weighted by Gasteiger charge is -2.30. The number of carbonyl (C=O) groups excluding carboxylic acids is 1. The third kappa shape index (κ3) is 4.48. The molecule has 0 spiro atoms. The Kier molecular flexibility index (Phi) is 6.38. The molecule has 3 rings (SSSR count). The second kappa shape index (κ2) is 8.73. The van der Waals surface area contributed by atoms with Gasteiger partial charge in [0.2, 0.25) is 5.91 Å². The van der Waals surface area contributed by atoms with E-state index < -0.39 is 6.10 Å². The van der Waals surface area contributed by atoms with Gasteiger partial charge in [0, 0.05) is 18.4 Å². The summed E-state index contributed by atoms with van der Waals surface area (Å²) in [4.78, 5) is 12.1. The van der Waals surface area contributed by atoms with Crippen molar-refractivity contribution in [2.45, 2.75) is 56.7 Å². The van der Waals surface area contributed by atoms with Crippen LogP contribution < -0.4 is 14.8 Å². The molecule has 3 atom stereocenters. The third-order valence-electron chi connectivity index (χ3n) is 5.48. The van der Waals surface area contributed by atoms with Crippen LogP contribution in [0.2, 0.25) is 0 Å². The number of amides is 1. The number of hydrogen-bond acceptors (Lipinski definition) is 5. The Hall–Kier alpha value is -1.79. The van der Waals surface area contributed by atoms with Crippen LogP contribution in [0.1, 0.15) is 50.0 Å². The Balaban J connectivity index is 1.74. The average Bonchev–Trinajstić information content (AvgIpc) is 3.16. The van der Waals surface area contributed by atoms with Gasteiger partial charge >= 0.3 is 0 Å². The fraction of sp³-hybridized carbons (Fsp3) is 0.650. The van der Waals surface area contributed by atoms with Gasteiger partial charge in [-0.25, -0.2) is 0 Å². The van der Waals surface area contributed by atoms with Gasteiger partial charge in [-0.05, 0) is 56.2 Å². The Morgan fingerprint density at radius 3 is 2.73 bits per heavy atom. The summed E-state index contributed by atoms with van der Waals surface area (Å²) >= 11 is 0. The van der Waals surface area contributed by atoms with Crippen molar-refractivity contribution in [2.75, 3.05) is 20.3 Å². The van der Waals surface area contributed by atoms with Crippen LogP contribution in [0, 0.1) is 5.92 Å². The van der Waals surface area contributed by atoms with Crippen molar-refractivity contribution >= 4 is 5.91 Å². The maximum atomic E-state index is 12.1. The monoisotopic (exact) mass is 363 g/mol. The predicted molar refractivity (Wildman–Crippen MR) is 97.4 cm³/mol. The largest absolute Gasteiger partial charge is 0.493 e. The Bertz CT molecular complexity index is 614. The van der Waals surface area contributed by atoms with Crippen molar-refractivity contribution in [2.24, 2.45) is 5.92 Å². The van der Waals surface area contributed by atoms with E-state index in [1.807, 2.05) is 18.2 Å². The van der Waals surface area contributed by atoms with E-state index in [1.165, 1.54) is 12.8 Å². The van der Waals surface area contributed by atoms with Crippen LogP contribution in [0.25, 0.3) is 0 Å². The van der Waals surface area contributed by atoms with Crippen LogP contribution in [0.5, 0.6) is 11.5 Å². The van der Waals surface area contributed by atoms with Crippen molar-refractivity contribution in [3.05, 3.63) is 23.8 Å². The standard InChI is InChI=1S/C20H29NO5/c1-25-18-7-6-13(10-19(18)26-17-4-2-3-5-17)15-8-14(9-16(23)12-22)20(24)21-11-15/h6-7,10,14-17,22-23H,2-5,8-9,11-12H2,1H3,(H,21,24)/t14?,15-,16?/m1/s1. The minimum absolute atomic E-state index is 0.0512. The fourth-order valence-electron chi connectivity index (χ4n) is 3.99. The van der Waals surface area contributed by atoms with Crippen LogP contribution in [-0.2, 0) is 4.79 Å². The van der Waals surface area contributed by atoms with Gasteiger partial charge in [0.05, 0.1) is 25.9 Å². The van der Waals surface area contributed by atoms with Gasteiger partial charge in [-0.2, -0.15) is 0 Å². The number of benzene rings is 1. The molecule has 2 unspecified atom stereocenters. The quantitative estimate of drug-likeness (QED) is 0.689. The zero-order valence-electron chi connectivity index (χ0n) is 15.3. The predicted octanol–water partition coefficient (Wildman–Crippen LogP) is 1.98. The van der Waals surface area contributed by atoms with Crippen molar-refractivity contribution in [1.82, 2.24) is 5.32 Å². The van der Waals surface area contributed by atoms with E-state index in [0.717, 1.165) is 29.9 Å². The normalized spacial score (nSPS) is 25.0. The van der Waals surface area contributed by atoms with Crippen molar-refractivity contribution in [3.8, 4) is 11.5 Å². The number of carbonyl (C=O) groups is 1. The zero-order chi connectivity index (χ0) is 18.5. The van der Waals surface area contributed by atoms with E-state index in [0.29, 0.717) is 13.0 Å². The maximum Gasteiger partial charge on any atom is 0.223 e. The Morgan fingerprint density at radius 2 is 2.04 bits per heavy atom. The molecule has 1 saturated heterocycles. The molecule has 144 valence electrons. The average molecular weight is 363 g/mol. The second-order valence-corrected chi connectivity index (χ2v) is 7.38. The lowest BCUT2D eigenvalue weighted by molar-refractivity contribution is -0.128. The second-order valence-electron chi connectivity index (χ2n) is 7.38. The summed E-state index contributed by atoms with van der Waals surface area (Å²) in [7, 11) is 1.64. The molecule has 1 amide bonds. The number of nitrogens with one attached hydrogen (secondary N) is 1. The van der Waals surface area contributed by atoms with Gasteiger partial charge in [0.1, 0.15) is 0 Å². The van der Waals surface area contributed by atoms with E-state index >= 15 is 0 Å². The molecule has 0 bridgehead atoms. The highest BCUT2D eigenvalue weighted by Crippen LogP contribution is 2.37. The number of aliphatic hydroxyl groups is 2. The minimum Gasteiger partial charge on any atom is -0.493 e. The first-order chi connectivity index (χ1) is 12.6. The van der Waals surface area contributed by atoms with Crippen LogP contribution in [0.15, 0.2) is 18.2 Å². The first kappa shape index (κ1) is 19.0. The number of methoxy groups -OCH3 is 1. The molecular formula is C20H29NO5. The molecule has 1 aliphatic heterocycles. The molecule has 26 heavy (non-hydrogen) atoms. The molecule has 2 aliphatic rings. The van der Waals surface area contributed by atoms with Crippen LogP contribution in [0.3, 0.4) is 0 Å². The van der Waals surface area contributed by atoms with Gasteiger partial charge in [0.15, 0.2) is 11.5 Å².